The molecule has 0 unspecified atom stereocenters. The lowest BCUT2D eigenvalue weighted by molar-refractivity contribution is 1.40. The Morgan fingerprint density at radius 2 is 2.00 bits per heavy atom. The van der Waals surface area contributed by atoms with E-state index >= 15 is 0 Å². The second-order valence-electron chi connectivity index (χ2n) is 2.73. The molecule has 0 spiro atoms. The number of allylic oxidation sites excluding steroid dienone is 1. The van der Waals surface area contributed by atoms with Crippen LogP contribution in [0.4, 0.5) is 0 Å². The molecule has 0 aliphatic rings. The minimum Gasteiger partial charge on any atom is -0.192 e. The van der Waals surface area contributed by atoms with E-state index in [-0.39, 0.29) is 0 Å². The molecule has 2 heteroatoms. The summed E-state index contributed by atoms with van der Waals surface area (Å²) >= 11 is 0. The van der Waals surface area contributed by atoms with Gasteiger partial charge < -0.3 is 0 Å². The summed E-state index contributed by atoms with van der Waals surface area (Å²) in [7, 11) is 0. The van der Waals surface area contributed by atoms with Gasteiger partial charge in [-0.2, -0.15) is 10.5 Å². The van der Waals surface area contributed by atoms with Gasteiger partial charge in [0.1, 0.15) is 12.1 Å². The smallest absolute Gasteiger partial charge is 0.101 e. The minimum absolute atomic E-state index is 0.406. The highest BCUT2D eigenvalue weighted by Gasteiger charge is 2.06. The van der Waals surface area contributed by atoms with Crippen molar-refractivity contribution in [2.24, 2.45) is 0 Å². The highest BCUT2D eigenvalue weighted by atomic mass is 14.3. The lowest BCUT2D eigenvalue weighted by atomic mass is 9.98. The molecule has 0 bridgehead atoms. The standard InChI is InChI=1S/C11H8N2/c1-8(2)10-5-3-4-9(6-12)11(10)7-13/h3-5H,1H2,2H3. The molecule has 0 aromatic heterocycles. The summed E-state index contributed by atoms with van der Waals surface area (Å²) < 4.78 is 0. The van der Waals surface area contributed by atoms with E-state index in [0.29, 0.717) is 11.1 Å². The second kappa shape index (κ2) is 3.56. The van der Waals surface area contributed by atoms with Gasteiger partial charge in [0.15, 0.2) is 0 Å². The zero-order valence-corrected chi connectivity index (χ0v) is 7.33. The Kier molecular flexibility index (Phi) is 2.47. The molecule has 0 saturated carbocycles. The first kappa shape index (κ1) is 9.03. The number of nitriles is 2. The predicted molar refractivity (Wildman–Crippen MR) is 50.6 cm³/mol. The number of benzene rings is 1. The number of hydrogen-bond donors (Lipinski definition) is 0. The largest absolute Gasteiger partial charge is 0.192 e. The Bertz CT molecular complexity index is 430. The van der Waals surface area contributed by atoms with Crippen LogP contribution in [0.25, 0.3) is 5.57 Å². The van der Waals surface area contributed by atoms with Crippen LogP contribution in [0.2, 0.25) is 0 Å². The van der Waals surface area contributed by atoms with Crippen LogP contribution in [-0.2, 0) is 0 Å². The molecule has 62 valence electrons. The topological polar surface area (TPSA) is 47.6 Å². The molecular weight excluding hydrogens is 160 g/mol. The summed E-state index contributed by atoms with van der Waals surface area (Å²) in [4.78, 5) is 0. The van der Waals surface area contributed by atoms with Gasteiger partial charge in [0.05, 0.1) is 11.1 Å². The molecule has 0 heterocycles. The van der Waals surface area contributed by atoms with Gasteiger partial charge in [0.25, 0.3) is 0 Å². The average molecular weight is 168 g/mol. The van der Waals surface area contributed by atoms with Gasteiger partial charge in [-0.1, -0.05) is 18.7 Å². The molecule has 13 heavy (non-hydrogen) atoms. The summed E-state index contributed by atoms with van der Waals surface area (Å²) in [5, 5.41) is 17.6. The van der Waals surface area contributed by atoms with Gasteiger partial charge in [-0.15, -0.1) is 0 Å². The van der Waals surface area contributed by atoms with E-state index in [2.05, 4.69) is 6.58 Å². The maximum Gasteiger partial charge on any atom is 0.101 e. The Labute approximate surface area is 77.4 Å². The molecule has 1 aromatic rings. The van der Waals surface area contributed by atoms with Crippen LogP contribution in [0.15, 0.2) is 24.8 Å². The number of nitrogens with zero attached hydrogens (tertiary/aromatic N) is 2. The summed E-state index contributed by atoms with van der Waals surface area (Å²) in [6.45, 7) is 5.57. The zero-order valence-electron chi connectivity index (χ0n) is 7.33. The fraction of sp³-hybridized carbons (Fsp3) is 0.0909. The van der Waals surface area contributed by atoms with E-state index in [0.717, 1.165) is 11.1 Å². The molecule has 1 rings (SSSR count). The van der Waals surface area contributed by atoms with Gasteiger partial charge in [-0.3, -0.25) is 0 Å². The van der Waals surface area contributed by atoms with Gasteiger partial charge in [-0.25, -0.2) is 0 Å². The third-order valence-electron chi connectivity index (χ3n) is 1.76. The quantitative estimate of drug-likeness (QED) is 0.646. The van der Waals surface area contributed by atoms with Crippen molar-refractivity contribution in [3.63, 3.8) is 0 Å². The van der Waals surface area contributed by atoms with Gasteiger partial charge in [-0.05, 0) is 24.1 Å². The van der Waals surface area contributed by atoms with E-state index in [1.54, 1.807) is 18.2 Å². The third-order valence-corrected chi connectivity index (χ3v) is 1.76. The van der Waals surface area contributed by atoms with Crippen LogP contribution in [0, 0.1) is 22.7 Å². The average Bonchev–Trinajstić information content (AvgIpc) is 2.16. The van der Waals surface area contributed by atoms with Crippen molar-refractivity contribution in [3.05, 3.63) is 41.5 Å². The van der Waals surface area contributed by atoms with E-state index < -0.39 is 0 Å². The van der Waals surface area contributed by atoms with Crippen LogP contribution in [0.1, 0.15) is 23.6 Å². The van der Waals surface area contributed by atoms with Crippen molar-refractivity contribution < 1.29 is 0 Å². The highest BCUT2D eigenvalue weighted by molar-refractivity contribution is 5.70. The highest BCUT2D eigenvalue weighted by Crippen LogP contribution is 2.19. The molecule has 0 radical (unpaired) electrons. The summed E-state index contributed by atoms with van der Waals surface area (Å²) in [5.74, 6) is 0. The van der Waals surface area contributed by atoms with Gasteiger partial charge >= 0.3 is 0 Å². The zero-order chi connectivity index (χ0) is 9.84. The van der Waals surface area contributed by atoms with Crippen LogP contribution in [-0.4, -0.2) is 0 Å². The molecule has 0 N–H and O–H groups in total. The van der Waals surface area contributed by atoms with E-state index in [9.17, 15) is 0 Å². The fourth-order valence-corrected chi connectivity index (χ4v) is 1.12. The Morgan fingerprint density at radius 1 is 1.31 bits per heavy atom. The maximum absolute atomic E-state index is 8.84. The lowest BCUT2D eigenvalue weighted by Crippen LogP contribution is -1.90. The predicted octanol–water partition coefficient (Wildman–Crippen LogP) is 2.46. The van der Waals surface area contributed by atoms with Crippen molar-refractivity contribution in [1.82, 2.24) is 0 Å². The van der Waals surface area contributed by atoms with E-state index in [1.165, 1.54) is 0 Å². The fourth-order valence-electron chi connectivity index (χ4n) is 1.12. The van der Waals surface area contributed by atoms with Crippen LogP contribution < -0.4 is 0 Å². The Morgan fingerprint density at radius 3 is 2.46 bits per heavy atom. The lowest BCUT2D eigenvalue weighted by Gasteiger charge is -2.02. The number of hydrogen-bond acceptors (Lipinski definition) is 2. The summed E-state index contributed by atoms with van der Waals surface area (Å²) in [6, 6.07) is 9.17. The van der Waals surface area contributed by atoms with Crippen molar-refractivity contribution in [2.45, 2.75) is 6.92 Å². The number of rotatable bonds is 1. The second-order valence-corrected chi connectivity index (χ2v) is 2.73. The molecule has 0 aliphatic carbocycles. The van der Waals surface area contributed by atoms with Crippen LogP contribution >= 0.6 is 0 Å². The van der Waals surface area contributed by atoms with Gasteiger partial charge in [0.2, 0.25) is 0 Å². The third kappa shape index (κ3) is 1.58. The maximum atomic E-state index is 8.84. The van der Waals surface area contributed by atoms with E-state index in [4.69, 9.17) is 10.5 Å². The Balaban J connectivity index is 3.49. The summed E-state index contributed by atoms with van der Waals surface area (Å²) in [5.41, 5.74) is 2.37. The first-order valence-electron chi connectivity index (χ1n) is 3.79. The minimum atomic E-state index is 0.406. The normalized spacial score (nSPS) is 8.54. The molecule has 0 aliphatic heterocycles. The van der Waals surface area contributed by atoms with Crippen LogP contribution in [0.5, 0.6) is 0 Å². The summed E-state index contributed by atoms with van der Waals surface area (Å²) in [6.07, 6.45) is 0. The Hall–Kier alpha value is -2.06. The van der Waals surface area contributed by atoms with Crippen LogP contribution in [0.3, 0.4) is 0 Å². The van der Waals surface area contributed by atoms with Crippen molar-refractivity contribution in [2.75, 3.05) is 0 Å². The van der Waals surface area contributed by atoms with Crippen molar-refractivity contribution in [3.8, 4) is 12.1 Å². The first-order chi connectivity index (χ1) is 6.20. The monoisotopic (exact) mass is 168 g/mol. The molecule has 0 fully saturated rings. The van der Waals surface area contributed by atoms with Crippen molar-refractivity contribution in [1.29, 1.82) is 10.5 Å². The molecular formula is C11H8N2. The first-order valence-corrected chi connectivity index (χ1v) is 3.79. The molecule has 0 saturated heterocycles. The van der Waals surface area contributed by atoms with Crippen molar-refractivity contribution >= 4 is 5.57 Å². The molecule has 0 amide bonds. The molecule has 0 atom stereocenters. The van der Waals surface area contributed by atoms with E-state index in [1.807, 2.05) is 19.1 Å². The molecule has 1 aromatic carbocycles. The SMILES string of the molecule is C=C(C)c1cccc(C#N)c1C#N. The molecule has 2 nitrogen and oxygen atoms in total. The van der Waals surface area contributed by atoms with Gasteiger partial charge in [0, 0.05) is 0 Å².